The molecule has 1 N–H and O–H groups in total. The van der Waals surface area contributed by atoms with E-state index in [4.69, 9.17) is 4.98 Å². The van der Waals surface area contributed by atoms with Gasteiger partial charge in [0.05, 0.1) is 11.7 Å². The number of allylic oxidation sites excluding steroid dienone is 11. The minimum atomic E-state index is 0.128. The van der Waals surface area contributed by atoms with E-state index >= 15 is 0 Å². The number of nitrogens with one attached hydrogen (secondary N) is 1. The van der Waals surface area contributed by atoms with E-state index in [0.29, 0.717) is 0 Å². The Kier molecular flexibility index (Phi) is 7.60. The third-order valence-corrected chi connectivity index (χ3v) is 10.1. The highest BCUT2D eigenvalue weighted by atomic mass is 32.1. The maximum atomic E-state index is 5.15. The molecular weight excluding hydrogens is 567 g/mol. The Morgan fingerprint density at radius 1 is 0.756 bits per heavy atom. The molecule has 2 heterocycles. The van der Waals surface area contributed by atoms with Gasteiger partial charge in [0.2, 0.25) is 0 Å². The third-order valence-electron chi connectivity index (χ3n) is 8.84. The molecule has 0 radical (unpaired) electrons. The molecule has 2 unspecified atom stereocenters. The molecule has 0 saturated carbocycles. The van der Waals surface area contributed by atoms with Gasteiger partial charge in [-0.25, -0.2) is 4.98 Å². The fourth-order valence-electron chi connectivity index (χ4n) is 6.56. The van der Waals surface area contributed by atoms with E-state index in [1.54, 1.807) is 0 Å². The first-order chi connectivity index (χ1) is 22.3. The van der Waals surface area contributed by atoms with Crippen molar-refractivity contribution in [2.75, 3.05) is 4.90 Å². The van der Waals surface area contributed by atoms with Crippen molar-refractivity contribution in [1.82, 2.24) is 10.3 Å². The third kappa shape index (κ3) is 5.75. The fourth-order valence-corrected chi connectivity index (χ4v) is 7.74. The van der Waals surface area contributed by atoms with Crippen LogP contribution in [0.1, 0.15) is 46.4 Å². The van der Waals surface area contributed by atoms with Gasteiger partial charge in [0.25, 0.3) is 0 Å². The van der Waals surface area contributed by atoms with Crippen LogP contribution < -0.4 is 10.2 Å². The van der Waals surface area contributed by atoms with Crippen molar-refractivity contribution in [1.29, 1.82) is 0 Å². The number of fused-ring (bicyclic) bond motifs is 5. The minimum Gasteiger partial charge on any atom is -0.311 e. The van der Waals surface area contributed by atoms with Crippen LogP contribution in [0.2, 0.25) is 0 Å². The van der Waals surface area contributed by atoms with Crippen molar-refractivity contribution in [3.8, 4) is 0 Å². The van der Waals surface area contributed by atoms with Gasteiger partial charge in [-0.05, 0) is 89.6 Å². The molecule has 2 atom stereocenters. The van der Waals surface area contributed by atoms with Crippen LogP contribution in [-0.2, 0) is 6.42 Å². The lowest BCUT2D eigenvalue weighted by molar-refractivity contribution is 0.614. The molecule has 4 aromatic rings. The second-order valence-corrected chi connectivity index (χ2v) is 12.9. The smallest absolute Gasteiger partial charge is 0.119 e. The van der Waals surface area contributed by atoms with Crippen LogP contribution in [0.4, 0.5) is 17.1 Å². The van der Waals surface area contributed by atoms with Crippen molar-refractivity contribution in [2.24, 2.45) is 0 Å². The summed E-state index contributed by atoms with van der Waals surface area (Å²) in [6.07, 6.45) is 27.3. The number of aromatic nitrogens is 1. The van der Waals surface area contributed by atoms with Crippen LogP contribution in [0.15, 0.2) is 157 Å². The Labute approximate surface area is 269 Å². The van der Waals surface area contributed by atoms with Crippen molar-refractivity contribution in [3.63, 3.8) is 0 Å². The average molecular weight is 602 g/mol. The van der Waals surface area contributed by atoms with E-state index in [2.05, 4.69) is 156 Å². The molecule has 3 aliphatic carbocycles. The van der Waals surface area contributed by atoms with E-state index in [1.807, 2.05) is 11.3 Å². The largest absolute Gasteiger partial charge is 0.311 e. The molecule has 0 spiro atoms. The Bertz CT molecular complexity index is 1880. The zero-order valence-corrected chi connectivity index (χ0v) is 26.0. The quantitative estimate of drug-likeness (QED) is 0.247. The summed E-state index contributed by atoms with van der Waals surface area (Å²) >= 11 is 1.87. The summed E-state index contributed by atoms with van der Waals surface area (Å²) in [4.78, 5) is 8.80. The Balaban J connectivity index is 1.10. The molecule has 8 rings (SSSR count). The zero-order valence-electron chi connectivity index (χ0n) is 25.1. The predicted octanol–water partition coefficient (Wildman–Crippen LogP) is 10.4. The van der Waals surface area contributed by atoms with Crippen molar-refractivity contribution in [3.05, 3.63) is 178 Å². The molecule has 4 bridgehead atoms. The van der Waals surface area contributed by atoms with E-state index in [0.717, 1.165) is 36.3 Å². The molecular formula is C41H35N3S. The summed E-state index contributed by atoms with van der Waals surface area (Å²) in [7, 11) is 0. The van der Waals surface area contributed by atoms with Crippen molar-refractivity contribution < 1.29 is 0 Å². The second-order valence-electron chi connectivity index (χ2n) is 11.9. The number of rotatable bonds is 5. The first kappa shape index (κ1) is 27.8. The van der Waals surface area contributed by atoms with Gasteiger partial charge < -0.3 is 4.90 Å². The average Bonchev–Trinajstić information content (AvgIpc) is 3.27. The summed E-state index contributed by atoms with van der Waals surface area (Å²) < 4.78 is 0. The number of benzene rings is 3. The molecule has 0 fully saturated rings. The lowest BCUT2D eigenvalue weighted by atomic mass is 9.96. The lowest BCUT2D eigenvalue weighted by Crippen LogP contribution is -2.28. The van der Waals surface area contributed by atoms with Crippen LogP contribution in [0.5, 0.6) is 0 Å². The molecule has 0 saturated heterocycles. The monoisotopic (exact) mass is 601 g/mol. The molecule has 220 valence electrons. The van der Waals surface area contributed by atoms with Gasteiger partial charge in [0.15, 0.2) is 0 Å². The highest BCUT2D eigenvalue weighted by Gasteiger charge is 2.26. The number of anilines is 3. The summed E-state index contributed by atoms with van der Waals surface area (Å²) in [5.41, 5.74) is 10.9. The van der Waals surface area contributed by atoms with Gasteiger partial charge in [-0.2, -0.15) is 0 Å². The van der Waals surface area contributed by atoms with Crippen LogP contribution in [0, 0.1) is 0 Å². The van der Waals surface area contributed by atoms with E-state index in [1.165, 1.54) is 49.9 Å². The Morgan fingerprint density at radius 2 is 1.51 bits per heavy atom. The Hall–Kier alpha value is -4.77. The fraction of sp³-hybridized carbons (Fsp3) is 0.146. The maximum Gasteiger partial charge on any atom is 0.119 e. The van der Waals surface area contributed by atoms with Crippen LogP contribution in [-0.4, -0.2) is 11.0 Å². The molecule has 3 nitrogen and oxygen atoms in total. The molecule has 0 amide bonds. The second kappa shape index (κ2) is 12.3. The summed E-state index contributed by atoms with van der Waals surface area (Å²) in [5.74, 6) is 0. The normalized spacial score (nSPS) is 21.0. The van der Waals surface area contributed by atoms with Gasteiger partial charge in [-0.1, -0.05) is 103 Å². The Morgan fingerprint density at radius 3 is 2.29 bits per heavy atom. The van der Waals surface area contributed by atoms with Gasteiger partial charge in [-0.15, -0.1) is 11.3 Å². The van der Waals surface area contributed by atoms with Gasteiger partial charge >= 0.3 is 0 Å². The number of nitrogens with zero attached hydrogens (tertiary/aromatic N) is 2. The highest BCUT2D eigenvalue weighted by molar-refractivity contribution is 7.13. The zero-order chi connectivity index (χ0) is 30.0. The van der Waals surface area contributed by atoms with E-state index in [9.17, 15) is 0 Å². The van der Waals surface area contributed by atoms with Crippen LogP contribution in [0.25, 0.3) is 11.1 Å². The highest BCUT2D eigenvalue weighted by Crippen LogP contribution is 2.39. The van der Waals surface area contributed by atoms with Gasteiger partial charge in [0, 0.05) is 34.4 Å². The lowest BCUT2D eigenvalue weighted by Gasteiger charge is -2.25. The van der Waals surface area contributed by atoms with Crippen molar-refractivity contribution >= 4 is 39.5 Å². The van der Waals surface area contributed by atoms with Gasteiger partial charge in [0.1, 0.15) is 5.01 Å². The predicted molar refractivity (Wildman–Crippen MR) is 190 cm³/mol. The van der Waals surface area contributed by atoms with E-state index in [-0.39, 0.29) is 12.1 Å². The van der Waals surface area contributed by atoms with Crippen molar-refractivity contribution in [2.45, 2.75) is 37.8 Å². The molecule has 1 aliphatic heterocycles. The van der Waals surface area contributed by atoms with Crippen LogP contribution in [0.3, 0.4) is 0 Å². The van der Waals surface area contributed by atoms with Crippen LogP contribution >= 0.6 is 11.3 Å². The first-order valence-electron chi connectivity index (χ1n) is 15.9. The molecule has 45 heavy (non-hydrogen) atoms. The number of para-hydroxylation sites is 2. The summed E-state index contributed by atoms with van der Waals surface area (Å²) in [5, 5.41) is 5.11. The summed E-state index contributed by atoms with van der Waals surface area (Å²) in [6.45, 7) is 0. The number of hydrogen-bond acceptors (Lipinski definition) is 4. The number of thiazole rings is 1. The maximum absolute atomic E-state index is 5.15. The summed E-state index contributed by atoms with van der Waals surface area (Å²) in [6, 6.07) is 30.3. The molecule has 4 aliphatic rings. The molecule has 3 aromatic carbocycles. The minimum absolute atomic E-state index is 0.128. The standard InChI is InChI=1S/C41H35N3S/c1-2-6-13-30(12-5-1)41-43-38-19-11-14-31-28-39(40(38)45-41)42-34-23-20-32(26-33(31)27-34)29-21-24-37(25-22-29)44(35-15-7-3-8-16-35)36-17-9-4-10-18-36/h1,3-5,7-12,14-18,20-28,34,39,42H,2,6,13,19H2/b14-11-. The molecule has 1 aromatic heterocycles. The van der Waals surface area contributed by atoms with E-state index < -0.39 is 0 Å². The molecule has 4 heteroatoms. The number of hydrogen-bond donors (Lipinski definition) is 1. The SMILES string of the molecule is C1=CCCCC(c2nc3c(s2)C2C=C(/C=C\C3)C3=CC(C=CC(c4ccc(N(c5ccccc5)c5ccccc5)cc4)=C3)N2)=C1. The first-order valence-corrected chi connectivity index (χ1v) is 16.7. The van der Waals surface area contributed by atoms with Gasteiger partial charge in [-0.3, -0.25) is 5.32 Å². The topological polar surface area (TPSA) is 28.2 Å².